The van der Waals surface area contributed by atoms with Crippen molar-refractivity contribution in [3.8, 4) is 0 Å². The Morgan fingerprint density at radius 2 is 1.79 bits per heavy atom. The Kier molecular flexibility index (Phi) is 4.80. The number of amides is 2. The lowest BCUT2D eigenvalue weighted by Gasteiger charge is -2.26. The molecule has 0 aliphatic carbocycles. The molecule has 2 N–H and O–H groups in total. The summed E-state index contributed by atoms with van der Waals surface area (Å²) >= 11 is 0. The molecule has 2 amide bonds. The number of anilines is 1. The molecule has 1 fully saturated rings. The van der Waals surface area contributed by atoms with Gasteiger partial charge in [-0.3, -0.25) is 0 Å². The van der Waals surface area contributed by atoms with Crippen molar-refractivity contribution < 1.29 is 4.79 Å². The van der Waals surface area contributed by atoms with E-state index in [-0.39, 0.29) is 6.03 Å². The van der Waals surface area contributed by atoms with E-state index in [9.17, 15) is 4.79 Å². The Balaban J connectivity index is 1.93. The van der Waals surface area contributed by atoms with E-state index < -0.39 is 0 Å². The predicted octanol–water partition coefficient (Wildman–Crippen LogP) is 2.98. The predicted molar refractivity (Wildman–Crippen MR) is 78.4 cm³/mol. The summed E-state index contributed by atoms with van der Waals surface area (Å²) in [6.07, 6.45) is 3.47. The standard InChI is InChI=1S/C15H23N3O/c1-12(16-2)13-6-8-14(9-7-13)17-15(19)18-10-4-3-5-11-18/h6-9,12,16H,3-5,10-11H2,1-2H3,(H,17,19). The third kappa shape index (κ3) is 3.70. The van der Waals surface area contributed by atoms with E-state index in [1.165, 1.54) is 12.0 Å². The van der Waals surface area contributed by atoms with Crippen molar-refractivity contribution in [3.63, 3.8) is 0 Å². The number of benzene rings is 1. The molecule has 1 saturated heterocycles. The number of nitrogens with one attached hydrogen (secondary N) is 2. The van der Waals surface area contributed by atoms with Crippen LogP contribution in [0.15, 0.2) is 24.3 Å². The lowest BCUT2D eigenvalue weighted by atomic mass is 10.1. The number of carbonyl (C=O) groups is 1. The second-order valence-electron chi connectivity index (χ2n) is 5.11. The van der Waals surface area contributed by atoms with Gasteiger partial charge in [0.05, 0.1) is 0 Å². The van der Waals surface area contributed by atoms with E-state index in [0.29, 0.717) is 6.04 Å². The molecule has 1 aromatic rings. The zero-order valence-electron chi connectivity index (χ0n) is 11.8. The summed E-state index contributed by atoms with van der Waals surface area (Å²) in [5.41, 5.74) is 2.08. The number of carbonyl (C=O) groups excluding carboxylic acids is 1. The number of urea groups is 1. The van der Waals surface area contributed by atoms with Crippen LogP contribution < -0.4 is 10.6 Å². The van der Waals surface area contributed by atoms with Crippen molar-refractivity contribution in [3.05, 3.63) is 29.8 Å². The minimum atomic E-state index is 0.0223. The van der Waals surface area contributed by atoms with Crippen molar-refractivity contribution in [2.75, 3.05) is 25.5 Å². The first-order chi connectivity index (χ1) is 9.20. The van der Waals surface area contributed by atoms with Crippen LogP contribution in [0.4, 0.5) is 10.5 Å². The maximum absolute atomic E-state index is 12.0. The van der Waals surface area contributed by atoms with Crippen molar-refractivity contribution in [1.29, 1.82) is 0 Å². The van der Waals surface area contributed by atoms with Gasteiger partial charge in [-0.25, -0.2) is 4.79 Å². The molecule has 2 rings (SSSR count). The van der Waals surface area contributed by atoms with E-state index in [0.717, 1.165) is 31.6 Å². The first-order valence-electron chi connectivity index (χ1n) is 7.04. The molecular weight excluding hydrogens is 238 g/mol. The maximum atomic E-state index is 12.0. The van der Waals surface area contributed by atoms with Crippen LogP contribution in [-0.2, 0) is 0 Å². The lowest BCUT2D eigenvalue weighted by molar-refractivity contribution is 0.200. The SMILES string of the molecule is CNC(C)c1ccc(NC(=O)N2CCCCC2)cc1. The third-order valence-corrected chi connectivity index (χ3v) is 3.74. The number of piperidine rings is 1. The largest absolute Gasteiger partial charge is 0.325 e. The van der Waals surface area contributed by atoms with E-state index >= 15 is 0 Å². The Bertz CT molecular complexity index is 410. The molecule has 0 bridgehead atoms. The molecule has 104 valence electrons. The van der Waals surface area contributed by atoms with Gasteiger partial charge in [-0.05, 0) is 50.9 Å². The Morgan fingerprint density at radius 3 is 2.37 bits per heavy atom. The van der Waals surface area contributed by atoms with Crippen LogP contribution in [0.3, 0.4) is 0 Å². The molecule has 1 atom stereocenters. The summed E-state index contributed by atoms with van der Waals surface area (Å²) in [6, 6.07) is 8.37. The van der Waals surface area contributed by atoms with Gasteiger partial charge in [-0.1, -0.05) is 12.1 Å². The van der Waals surface area contributed by atoms with Crippen LogP contribution >= 0.6 is 0 Å². The van der Waals surface area contributed by atoms with Crippen molar-refractivity contribution in [1.82, 2.24) is 10.2 Å². The highest BCUT2D eigenvalue weighted by Crippen LogP contribution is 2.17. The molecule has 1 aliphatic rings. The summed E-state index contributed by atoms with van der Waals surface area (Å²) < 4.78 is 0. The van der Waals surface area contributed by atoms with Crippen LogP contribution in [0.2, 0.25) is 0 Å². The third-order valence-electron chi connectivity index (χ3n) is 3.74. The Labute approximate surface area is 115 Å². The van der Waals surface area contributed by atoms with Gasteiger partial charge in [0, 0.05) is 24.8 Å². The van der Waals surface area contributed by atoms with Crippen LogP contribution in [0.1, 0.15) is 37.8 Å². The highest BCUT2D eigenvalue weighted by atomic mass is 16.2. The smallest absolute Gasteiger partial charge is 0.321 e. The molecule has 0 radical (unpaired) electrons. The van der Waals surface area contributed by atoms with E-state index in [1.54, 1.807) is 0 Å². The number of hydrogen-bond donors (Lipinski definition) is 2. The average molecular weight is 261 g/mol. The summed E-state index contributed by atoms with van der Waals surface area (Å²) in [5.74, 6) is 0. The summed E-state index contributed by atoms with van der Waals surface area (Å²) in [6.45, 7) is 3.86. The number of nitrogens with zero attached hydrogens (tertiary/aromatic N) is 1. The number of likely N-dealkylation sites (tertiary alicyclic amines) is 1. The molecule has 4 nitrogen and oxygen atoms in total. The molecule has 0 aromatic heterocycles. The normalized spacial score (nSPS) is 17.1. The summed E-state index contributed by atoms with van der Waals surface area (Å²) in [4.78, 5) is 13.9. The second kappa shape index (κ2) is 6.57. The zero-order chi connectivity index (χ0) is 13.7. The molecular formula is C15H23N3O. The molecule has 1 unspecified atom stereocenters. The highest BCUT2D eigenvalue weighted by Gasteiger charge is 2.16. The van der Waals surface area contributed by atoms with Crippen LogP contribution in [-0.4, -0.2) is 31.1 Å². The fraction of sp³-hybridized carbons (Fsp3) is 0.533. The molecule has 1 aliphatic heterocycles. The molecule has 1 heterocycles. The van der Waals surface area contributed by atoms with E-state index in [2.05, 4.69) is 17.6 Å². The molecule has 1 aromatic carbocycles. The van der Waals surface area contributed by atoms with Gasteiger partial charge >= 0.3 is 6.03 Å². The topological polar surface area (TPSA) is 44.4 Å². The van der Waals surface area contributed by atoms with Crippen molar-refractivity contribution >= 4 is 11.7 Å². The monoisotopic (exact) mass is 261 g/mol. The second-order valence-corrected chi connectivity index (χ2v) is 5.11. The van der Waals surface area contributed by atoms with Gasteiger partial charge in [-0.2, -0.15) is 0 Å². The van der Waals surface area contributed by atoms with Gasteiger partial charge < -0.3 is 15.5 Å². The average Bonchev–Trinajstić information content (AvgIpc) is 2.48. The van der Waals surface area contributed by atoms with E-state index in [1.807, 2.05) is 36.2 Å². The highest BCUT2D eigenvalue weighted by molar-refractivity contribution is 5.89. The van der Waals surface area contributed by atoms with Crippen LogP contribution in [0, 0.1) is 0 Å². The molecule has 19 heavy (non-hydrogen) atoms. The van der Waals surface area contributed by atoms with E-state index in [4.69, 9.17) is 0 Å². The quantitative estimate of drug-likeness (QED) is 0.878. The summed E-state index contributed by atoms with van der Waals surface area (Å²) in [7, 11) is 1.94. The van der Waals surface area contributed by atoms with Gasteiger partial charge in [0.2, 0.25) is 0 Å². The zero-order valence-corrected chi connectivity index (χ0v) is 11.8. The molecule has 0 spiro atoms. The maximum Gasteiger partial charge on any atom is 0.321 e. The molecule has 4 heteroatoms. The van der Waals surface area contributed by atoms with Gasteiger partial charge in [0.15, 0.2) is 0 Å². The Hall–Kier alpha value is -1.55. The van der Waals surface area contributed by atoms with Gasteiger partial charge in [0.25, 0.3) is 0 Å². The minimum Gasteiger partial charge on any atom is -0.325 e. The van der Waals surface area contributed by atoms with Crippen LogP contribution in [0.25, 0.3) is 0 Å². The summed E-state index contributed by atoms with van der Waals surface area (Å²) in [5, 5.41) is 6.16. The van der Waals surface area contributed by atoms with Crippen LogP contribution in [0.5, 0.6) is 0 Å². The van der Waals surface area contributed by atoms with Crippen molar-refractivity contribution in [2.45, 2.75) is 32.2 Å². The number of rotatable bonds is 3. The van der Waals surface area contributed by atoms with Crippen molar-refractivity contribution in [2.24, 2.45) is 0 Å². The first-order valence-corrected chi connectivity index (χ1v) is 7.04. The van der Waals surface area contributed by atoms with Gasteiger partial charge in [0.1, 0.15) is 0 Å². The lowest BCUT2D eigenvalue weighted by Crippen LogP contribution is -2.38. The number of hydrogen-bond acceptors (Lipinski definition) is 2. The molecule has 0 saturated carbocycles. The minimum absolute atomic E-state index is 0.0223. The van der Waals surface area contributed by atoms with Gasteiger partial charge in [-0.15, -0.1) is 0 Å². The fourth-order valence-electron chi connectivity index (χ4n) is 2.32. The fourth-order valence-corrected chi connectivity index (χ4v) is 2.32. The Morgan fingerprint density at radius 1 is 1.16 bits per heavy atom. The first kappa shape index (κ1) is 13.9.